The zero-order chi connectivity index (χ0) is 16.0. The van der Waals surface area contributed by atoms with Crippen molar-refractivity contribution in [3.05, 3.63) is 39.6 Å². The quantitative estimate of drug-likeness (QED) is 0.596. The molecule has 22 heavy (non-hydrogen) atoms. The monoisotopic (exact) mass is 310 g/mol. The van der Waals surface area contributed by atoms with E-state index in [9.17, 15) is 19.4 Å². The van der Waals surface area contributed by atoms with Crippen molar-refractivity contribution in [3.8, 4) is 0 Å². The van der Waals surface area contributed by atoms with Gasteiger partial charge in [-0.25, -0.2) is 9.37 Å². The molecule has 1 fully saturated rings. The zero-order valence-electron chi connectivity index (χ0n) is 11.7. The number of fused-ring (bicyclic) bond motifs is 1. The highest BCUT2D eigenvalue weighted by molar-refractivity contribution is 5.75. The molecule has 1 aliphatic rings. The van der Waals surface area contributed by atoms with Gasteiger partial charge in [-0.1, -0.05) is 0 Å². The van der Waals surface area contributed by atoms with Crippen molar-refractivity contribution in [2.45, 2.75) is 31.3 Å². The lowest BCUT2D eigenvalue weighted by Crippen LogP contribution is -2.33. The molecule has 7 nitrogen and oxygen atoms in total. The smallest absolute Gasteiger partial charge is 0.255 e. The number of hydrogen-bond donors (Lipinski definition) is 4. The second-order valence-corrected chi connectivity index (χ2v) is 5.31. The van der Waals surface area contributed by atoms with Crippen LogP contribution in [0.3, 0.4) is 0 Å². The average molecular weight is 310 g/mol. The fourth-order valence-corrected chi connectivity index (χ4v) is 2.59. The predicted molar refractivity (Wildman–Crippen MR) is 73.8 cm³/mol. The summed E-state index contributed by atoms with van der Waals surface area (Å²) in [5.41, 5.74) is -0.135. The van der Waals surface area contributed by atoms with Gasteiger partial charge in [-0.3, -0.25) is 4.79 Å². The van der Waals surface area contributed by atoms with Gasteiger partial charge in [-0.15, -0.1) is 0 Å². The van der Waals surface area contributed by atoms with Gasteiger partial charge in [0.25, 0.3) is 5.56 Å². The summed E-state index contributed by atoms with van der Waals surface area (Å²) in [7, 11) is 0. The Labute approximate surface area is 124 Å². The number of aliphatic hydroxyl groups is 3. The number of rotatable bonds is 2. The van der Waals surface area contributed by atoms with Gasteiger partial charge < -0.3 is 25.0 Å². The first kappa shape index (κ1) is 15.0. The highest BCUT2D eigenvalue weighted by Gasteiger charge is 2.44. The molecule has 4 unspecified atom stereocenters. The highest BCUT2D eigenvalue weighted by Crippen LogP contribution is 2.32. The maximum Gasteiger partial charge on any atom is 0.255 e. The Balaban J connectivity index is 2.10. The number of aliphatic hydroxyl groups excluding tert-OH is 3. The molecular formula is C14H15FN2O5. The molecule has 0 aliphatic carbocycles. The fraction of sp³-hybridized carbons (Fsp3) is 0.429. The van der Waals surface area contributed by atoms with Crippen LogP contribution in [0.5, 0.6) is 0 Å². The standard InChI is InChI=1S/C14H15FN2O5/c1-5-8(15)3-6-2-7(14(21)17-13(6)16-5)12-11(20)10(19)9(4-18)22-12/h2-3,9-12,18-20H,4H2,1H3,(H,16,17,21). The fourth-order valence-electron chi connectivity index (χ4n) is 2.59. The SMILES string of the molecule is Cc1nc2[nH]c(=O)c(C3OC(CO)C(O)C3O)cc2cc1F. The Kier molecular flexibility index (Phi) is 3.69. The van der Waals surface area contributed by atoms with Crippen molar-refractivity contribution in [2.75, 3.05) is 6.61 Å². The Bertz CT molecular complexity index is 778. The molecule has 2 aromatic rings. The lowest BCUT2D eigenvalue weighted by molar-refractivity contribution is -0.0231. The Morgan fingerprint density at radius 2 is 2.09 bits per heavy atom. The first-order valence-electron chi connectivity index (χ1n) is 6.75. The summed E-state index contributed by atoms with van der Waals surface area (Å²) in [5, 5.41) is 29.2. The number of aromatic nitrogens is 2. The van der Waals surface area contributed by atoms with Gasteiger partial charge in [0.05, 0.1) is 12.3 Å². The average Bonchev–Trinajstić information content (AvgIpc) is 2.76. The first-order valence-corrected chi connectivity index (χ1v) is 6.75. The molecule has 0 aromatic carbocycles. The van der Waals surface area contributed by atoms with E-state index < -0.39 is 42.4 Å². The number of hydrogen-bond acceptors (Lipinski definition) is 6. The molecule has 2 aromatic heterocycles. The summed E-state index contributed by atoms with van der Waals surface area (Å²) in [6.45, 7) is 0.989. The van der Waals surface area contributed by atoms with Crippen LogP contribution >= 0.6 is 0 Å². The summed E-state index contributed by atoms with van der Waals surface area (Å²) in [4.78, 5) is 18.6. The maximum absolute atomic E-state index is 13.6. The highest BCUT2D eigenvalue weighted by atomic mass is 19.1. The van der Waals surface area contributed by atoms with E-state index >= 15 is 0 Å². The minimum absolute atomic E-state index is 0.0417. The van der Waals surface area contributed by atoms with Crippen LogP contribution in [0.2, 0.25) is 0 Å². The van der Waals surface area contributed by atoms with Crippen LogP contribution in [0.25, 0.3) is 11.0 Å². The van der Waals surface area contributed by atoms with Crippen molar-refractivity contribution in [1.82, 2.24) is 9.97 Å². The second kappa shape index (κ2) is 5.40. The molecule has 3 heterocycles. The van der Waals surface area contributed by atoms with E-state index in [1.165, 1.54) is 19.1 Å². The Morgan fingerprint density at radius 1 is 1.36 bits per heavy atom. The minimum Gasteiger partial charge on any atom is -0.394 e. The van der Waals surface area contributed by atoms with Crippen LogP contribution in [0.15, 0.2) is 16.9 Å². The van der Waals surface area contributed by atoms with E-state index in [1.54, 1.807) is 0 Å². The molecule has 0 bridgehead atoms. The van der Waals surface area contributed by atoms with Gasteiger partial charge in [-0.05, 0) is 19.1 Å². The molecule has 4 atom stereocenters. The van der Waals surface area contributed by atoms with E-state index in [4.69, 9.17) is 9.84 Å². The van der Waals surface area contributed by atoms with Crippen LogP contribution in [0, 0.1) is 12.7 Å². The normalized spacial score (nSPS) is 28.4. The van der Waals surface area contributed by atoms with E-state index in [0.29, 0.717) is 5.39 Å². The van der Waals surface area contributed by atoms with Crippen LogP contribution in [-0.2, 0) is 4.74 Å². The number of halogens is 1. The van der Waals surface area contributed by atoms with E-state index in [2.05, 4.69) is 9.97 Å². The summed E-state index contributed by atoms with van der Waals surface area (Å²) < 4.78 is 18.9. The Hall–Kier alpha value is -1.87. The number of ether oxygens (including phenoxy) is 1. The lowest BCUT2D eigenvalue weighted by atomic mass is 10.0. The molecule has 1 aliphatic heterocycles. The molecule has 3 rings (SSSR count). The first-order chi connectivity index (χ1) is 10.4. The summed E-state index contributed by atoms with van der Waals surface area (Å²) in [6.07, 6.45) is -4.76. The molecular weight excluding hydrogens is 295 g/mol. The third kappa shape index (κ3) is 2.30. The molecule has 8 heteroatoms. The van der Waals surface area contributed by atoms with E-state index in [0.717, 1.165) is 0 Å². The number of aryl methyl sites for hydroxylation is 1. The topological polar surface area (TPSA) is 116 Å². The van der Waals surface area contributed by atoms with Crippen LogP contribution in [0.1, 0.15) is 17.4 Å². The van der Waals surface area contributed by atoms with E-state index in [-0.39, 0.29) is 16.9 Å². The molecule has 0 amide bonds. The second-order valence-electron chi connectivity index (χ2n) is 5.31. The molecule has 0 spiro atoms. The number of nitrogens with one attached hydrogen (secondary N) is 1. The lowest BCUT2D eigenvalue weighted by Gasteiger charge is -2.14. The van der Waals surface area contributed by atoms with Gasteiger partial charge in [0.2, 0.25) is 0 Å². The van der Waals surface area contributed by atoms with Gasteiger partial charge in [0.15, 0.2) is 0 Å². The largest absolute Gasteiger partial charge is 0.394 e. The van der Waals surface area contributed by atoms with E-state index in [1.807, 2.05) is 0 Å². The van der Waals surface area contributed by atoms with Crippen molar-refractivity contribution >= 4 is 11.0 Å². The van der Waals surface area contributed by atoms with Crippen molar-refractivity contribution in [1.29, 1.82) is 0 Å². The van der Waals surface area contributed by atoms with Crippen molar-refractivity contribution in [2.24, 2.45) is 0 Å². The summed E-state index contributed by atoms with van der Waals surface area (Å²) >= 11 is 0. The van der Waals surface area contributed by atoms with Gasteiger partial charge in [-0.2, -0.15) is 0 Å². The molecule has 4 N–H and O–H groups in total. The summed E-state index contributed by atoms with van der Waals surface area (Å²) in [6, 6.07) is 2.59. The molecule has 0 saturated carbocycles. The Morgan fingerprint density at radius 3 is 2.73 bits per heavy atom. The molecule has 118 valence electrons. The summed E-state index contributed by atoms with van der Waals surface area (Å²) in [5.74, 6) is -0.522. The van der Waals surface area contributed by atoms with Crippen molar-refractivity contribution < 1.29 is 24.4 Å². The van der Waals surface area contributed by atoms with Gasteiger partial charge in [0, 0.05) is 10.9 Å². The van der Waals surface area contributed by atoms with Gasteiger partial charge >= 0.3 is 0 Å². The number of nitrogens with zero attached hydrogens (tertiary/aromatic N) is 1. The van der Waals surface area contributed by atoms with Crippen LogP contribution in [0.4, 0.5) is 4.39 Å². The third-order valence-electron chi connectivity index (χ3n) is 3.83. The van der Waals surface area contributed by atoms with Crippen LogP contribution in [-0.4, -0.2) is 50.2 Å². The maximum atomic E-state index is 13.6. The zero-order valence-corrected chi connectivity index (χ0v) is 11.7. The third-order valence-corrected chi connectivity index (χ3v) is 3.83. The molecule has 0 radical (unpaired) electrons. The minimum atomic E-state index is -1.36. The number of H-pyrrole nitrogens is 1. The number of pyridine rings is 2. The van der Waals surface area contributed by atoms with Crippen molar-refractivity contribution in [3.63, 3.8) is 0 Å². The predicted octanol–water partition coefficient (Wildman–Crippen LogP) is -0.475. The number of aromatic amines is 1. The van der Waals surface area contributed by atoms with Gasteiger partial charge in [0.1, 0.15) is 35.9 Å². The van der Waals surface area contributed by atoms with Crippen LogP contribution < -0.4 is 5.56 Å². The molecule has 1 saturated heterocycles.